The van der Waals surface area contributed by atoms with Gasteiger partial charge >= 0.3 is 0 Å². The van der Waals surface area contributed by atoms with E-state index in [4.69, 9.17) is 23.7 Å². The largest absolute Gasteiger partial charge is 0.504 e. The van der Waals surface area contributed by atoms with E-state index in [1.54, 1.807) is 70.9 Å². The number of anilines is 1. The molecule has 0 amide bonds. The molecule has 36 heavy (non-hydrogen) atoms. The Labute approximate surface area is 210 Å². The van der Waals surface area contributed by atoms with Gasteiger partial charge < -0.3 is 34.1 Å². The van der Waals surface area contributed by atoms with Crippen LogP contribution in [0.4, 0.5) is 5.69 Å². The molecule has 188 valence electrons. The lowest BCUT2D eigenvalue weighted by Crippen LogP contribution is -1.98. The maximum Gasteiger partial charge on any atom is 0.203 e. The lowest BCUT2D eigenvalue weighted by molar-refractivity contribution is 0.104. The van der Waals surface area contributed by atoms with Gasteiger partial charge in [0.1, 0.15) is 5.75 Å². The first kappa shape index (κ1) is 26.0. The smallest absolute Gasteiger partial charge is 0.203 e. The van der Waals surface area contributed by atoms with Crippen molar-refractivity contribution in [1.29, 1.82) is 0 Å². The number of nitrogens with one attached hydrogen (secondary N) is 1. The average Bonchev–Trinajstić information content (AvgIpc) is 2.91. The molecule has 0 fully saturated rings. The van der Waals surface area contributed by atoms with Crippen LogP contribution in [0.2, 0.25) is 0 Å². The van der Waals surface area contributed by atoms with Gasteiger partial charge in [-0.15, -0.1) is 0 Å². The summed E-state index contributed by atoms with van der Waals surface area (Å²) in [4.78, 5) is 12.5. The highest BCUT2D eigenvalue weighted by Gasteiger charge is 2.13. The molecule has 0 aliphatic carbocycles. The number of allylic oxidation sites excluding steroid dienone is 1. The fourth-order valence-corrected chi connectivity index (χ4v) is 3.45. The van der Waals surface area contributed by atoms with E-state index in [0.717, 1.165) is 5.56 Å². The zero-order valence-electron chi connectivity index (χ0n) is 20.8. The number of methoxy groups -OCH3 is 5. The highest BCUT2D eigenvalue weighted by molar-refractivity contribution is 6.04. The molecule has 0 atom stereocenters. The molecule has 8 heteroatoms. The number of phenols is 1. The summed E-state index contributed by atoms with van der Waals surface area (Å²) in [6.07, 6.45) is 6.60. The van der Waals surface area contributed by atoms with E-state index >= 15 is 0 Å². The molecule has 2 N–H and O–H groups in total. The first-order valence-electron chi connectivity index (χ1n) is 10.9. The maximum atomic E-state index is 12.5. The van der Waals surface area contributed by atoms with Crippen LogP contribution in [0.5, 0.6) is 34.5 Å². The fraction of sp³-hybridized carbons (Fsp3) is 0.179. The molecule has 0 radical (unpaired) electrons. The van der Waals surface area contributed by atoms with Crippen LogP contribution in [0.1, 0.15) is 21.5 Å². The molecule has 0 aliphatic heterocycles. The standard InChI is InChI=1S/C28H29NO7/c1-32-21-10-8-19(9-11-21)23(30)12-13-29-22-17-25(33-2)24(31)16-20(22)7-6-18-14-26(34-3)28(36-5)27(15-18)35-4/h6-17,29,31H,1-5H3/b7-6-,13-12-. The summed E-state index contributed by atoms with van der Waals surface area (Å²) in [7, 11) is 7.68. The van der Waals surface area contributed by atoms with E-state index in [1.807, 2.05) is 18.2 Å². The molecular formula is C28H29NO7. The van der Waals surface area contributed by atoms with Gasteiger partial charge in [0.05, 0.1) is 35.5 Å². The molecule has 0 saturated carbocycles. The zero-order valence-corrected chi connectivity index (χ0v) is 20.8. The van der Waals surface area contributed by atoms with Gasteiger partial charge in [-0.05, 0) is 48.0 Å². The molecule has 3 aromatic rings. The second-order valence-electron chi connectivity index (χ2n) is 7.47. The number of carbonyl (C=O) groups is 1. The molecule has 0 spiro atoms. The highest BCUT2D eigenvalue weighted by Crippen LogP contribution is 2.39. The molecule has 0 aliphatic rings. The number of hydrogen-bond donors (Lipinski definition) is 2. The van der Waals surface area contributed by atoms with Crippen molar-refractivity contribution in [3.8, 4) is 34.5 Å². The first-order chi connectivity index (χ1) is 17.4. The molecule has 0 saturated heterocycles. The number of rotatable bonds is 11. The Morgan fingerprint density at radius 2 is 1.42 bits per heavy atom. The number of aromatic hydroxyl groups is 1. The quantitative estimate of drug-likeness (QED) is 0.159. The fourth-order valence-electron chi connectivity index (χ4n) is 3.45. The Morgan fingerprint density at radius 3 is 1.97 bits per heavy atom. The molecular weight excluding hydrogens is 462 g/mol. The summed E-state index contributed by atoms with van der Waals surface area (Å²) in [6.45, 7) is 0. The zero-order chi connectivity index (χ0) is 26.1. The summed E-state index contributed by atoms with van der Waals surface area (Å²) in [6, 6.07) is 13.7. The van der Waals surface area contributed by atoms with Crippen LogP contribution in [-0.4, -0.2) is 46.4 Å². The Hall–Kier alpha value is -4.59. The minimum Gasteiger partial charge on any atom is -0.504 e. The number of phenolic OH excluding ortho intramolecular Hbond substituents is 1. The number of carbonyl (C=O) groups excluding carboxylic acids is 1. The number of benzene rings is 3. The van der Waals surface area contributed by atoms with Crippen molar-refractivity contribution in [1.82, 2.24) is 0 Å². The van der Waals surface area contributed by atoms with Crippen molar-refractivity contribution in [3.63, 3.8) is 0 Å². The molecule has 0 aromatic heterocycles. The van der Waals surface area contributed by atoms with Crippen LogP contribution < -0.4 is 29.0 Å². The van der Waals surface area contributed by atoms with Gasteiger partial charge in [0, 0.05) is 35.2 Å². The first-order valence-corrected chi connectivity index (χ1v) is 10.9. The topological polar surface area (TPSA) is 95.5 Å². The second kappa shape index (κ2) is 12.2. The Morgan fingerprint density at radius 1 is 0.778 bits per heavy atom. The lowest BCUT2D eigenvalue weighted by Gasteiger charge is -2.13. The average molecular weight is 492 g/mol. The van der Waals surface area contributed by atoms with Crippen molar-refractivity contribution >= 4 is 23.6 Å². The summed E-state index contributed by atoms with van der Waals surface area (Å²) in [5.41, 5.74) is 2.59. The monoisotopic (exact) mass is 491 g/mol. The summed E-state index contributed by atoms with van der Waals surface area (Å²) in [5, 5.41) is 13.4. The van der Waals surface area contributed by atoms with E-state index in [9.17, 15) is 9.90 Å². The van der Waals surface area contributed by atoms with Gasteiger partial charge in [0.25, 0.3) is 0 Å². The van der Waals surface area contributed by atoms with Crippen molar-refractivity contribution < 1.29 is 33.6 Å². The Bertz CT molecular complexity index is 1240. The van der Waals surface area contributed by atoms with Gasteiger partial charge in [0.2, 0.25) is 5.75 Å². The summed E-state index contributed by atoms with van der Waals surface area (Å²) < 4.78 is 26.6. The predicted octanol–water partition coefficient (Wildman–Crippen LogP) is 5.41. The van der Waals surface area contributed by atoms with Crippen LogP contribution in [0.25, 0.3) is 12.2 Å². The van der Waals surface area contributed by atoms with Crippen molar-refractivity contribution in [2.24, 2.45) is 0 Å². The van der Waals surface area contributed by atoms with E-state index in [1.165, 1.54) is 19.4 Å². The predicted molar refractivity (Wildman–Crippen MR) is 140 cm³/mol. The van der Waals surface area contributed by atoms with Crippen molar-refractivity contribution in [3.05, 3.63) is 77.5 Å². The minimum absolute atomic E-state index is 0.0223. The molecule has 8 nitrogen and oxygen atoms in total. The van der Waals surface area contributed by atoms with E-state index in [0.29, 0.717) is 39.8 Å². The van der Waals surface area contributed by atoms with Gasteiger partial charge in [-0.25, -0.2) is 0 Å². The Balaban J connectivity index is 1.88. The van der Waals surface area contributed by atoms with E-state index < -0.39 is 0 Å². The van der Waals surface area contributed by atoms with Crippen LogP contribution in [0.15, 0.2) is 60.8 Å². The van der Waals surface area contributed by atoms with Crippen LogP contribution in [-0.2, 0) is 0 Å². The molecule has 0 heterocycles. The highest BCUT2D eigenvalue weighted by atomic mass is 16.5. The van der Waals surface area contributed by atoms with E-state index in [-0.39, 0.29) is 17.3 Å². The molecule has 0 bridgehead atoms. The number of ether oxygens (including phenoxy) is 5. The van der Waals surface area contributed by atoms with Crippen molar-refractivity contribution in [2.75, 3.05) is 40.9 Å². The number of hydrogen-bond acceptors (Lipinski definition) is 8. The third kappa shape index (κ3) is 6.09. The SMILES string of the molecule is COc1ccc(C(=O)/C=C\Nc2cc(OC)c(O)cc2/C=C\c2cc(OC)c(OC)c(OC)c2)cc1. The third-order valence-electron chi connectivity index (χ3n) is 5.34. The second-order valence-corrected chi connectivity index (χ2v) is 7.47. The lowest BCUT2D eigenvalue weighted by atomic mass is 10.1. The van der Waals surface area contributed by atoms with Crippen LogP contribution in [0, 0.1) is 0 Å². The van der Waals surface area contributed by atoms with E-state index in [2.05, 4.69) is 5.32 Å². The third-order valence-corrected chi connectivity index (χ3v) is 5.34. The summed E-state index contributed by atoms with van der Waals surface area (Å²) >= 11 is 0. The summed E-state index contributed by atoms with van der Waals surface area (Å²) in [5.74, 6) is 2.30. The van der Waals surface area contributed by atoms with Gasteiger partial charge in [-0.2, -0.15) is 0 Å². The van der Waals surface area contributed by atoms with Gasteiger partial charge in [0.15, 0.2) is 28.8 Å². The van der Waals surface area contributed by atoms with Gasteiger partial charge in [-0.1, -0.05) is 12.2 Å². The van der Waals surface area contributed by atoms with Crippen molar-refractivity contribution in [2.45, 2.75) is 0 Å². The molecule has 3 rings (SSSR count). The molecule has 0 unspecified atom stereocenters. The minimum atomic E-state index is -0.176. The van der Waals surface area contributed by atoms with Crippen LogP contribution in [0.3, 0.4) is 0 Å². The maximum absolute atomic E-state index is 12.5. The van der Waals surface area contributed by atoms with Gasteiger partial charge in [-0.3, -0.25) is 4.79 Å². The molecule has 3 aromatic carbocycles. The number of ketones is 1. The normalized spacial score (nSPS) is 10.9. The van der Waals surface area contributed by atoms with Crippen LogP contribution >= 0.6 is 0 Å². The Kier molecular flexibility index (Phi) is 8.83.